The first-order chi connectivity index (χ1) is 9.10. The van der Waals surface area contributed by atoms with Gasteiger partial charge in [-0.3, -0.25) is 0 Å². The molecule has 1 heterocycles. The molecule has 0 aliphatic heterocycles. The molecule has 0 bridgehead atoms. The van der Waals surface area contributed by atoms with Crippen molar-refractivity contribution in [3.63, 3.8) is 0 Å². The highest BCUT2D eigenvalue weighted by molar-refractivity contribution is 9.10. The van der Waals surface area contributed by atoms with E-state index in [9.17, 15) is 0 Å². The molecule has 100 valence electrons. The van der Waals surface area contributed by atoms with Gasteiger partial charge >= 0.3 is 0 Å². The van der Waals surface area contributed by atoms with Crippen molar-refractivity contribution in [3.8, 4) is 5.88 Å². The summed E-state index contributed by atoms with van der Waals surface area (Å²) in [5, 5.41) is 0. The zero-order valence-corrected chi connectivity index (χ0v) is 13.3. The normalized spacial score (nSPS) is 10.5. The number of aromatic nitrogens is 1. The zero-order valence-electron chi connectivity index (χ0n) is 10.9. The van der Waals surface area contributed by atoms with E-state index in [0.717, 1.165) is 26.9 Å². The third kappa shape index (κ3) is 3.71. The van der Waals surface area contributed by atoms with Crippen LogP contribution in [0.5, 0.6) is 5.88 Å². The van der Waals surface area contributed by atoms with Crippen LogP contribution in [0.15, 0.2) is 34.8 Å². The number of nitrogens with zero attached hydrogens (tertiary/aromatic N) is 1. The Morgan fingerprint density at radius 2 is 1.89 bits per heavy atom. The Kier molecular flexibility index (Phi) is 4.83. The molecule has 2 rings (SSSR count). The molecule has 0 atom stereocenters. The number of aryl methyl sites for hydroxylation is 2. The van der Waals surface area contributed by atoms with Crippen molar-refractivity contribution in [1.82, 2.24) is 4.98 Å². The summed E-state index contributed by atoms with van der Waals surface area (Å²) in [7, 11) is 0. The molecule has 0 spiro atoms. The van der Waals surface area contributed by atoms with Gasteiger partial charge in [0.1, 0.15) is 6.61 Å². The van der Waals surface area contributed by atoms with E-state index in [1.807, 2.05) is 44.2 Å². The van der Waals surface area contributed by atoms with Crippen molar-refractivity contribution in [2.24, 2.45) is 0 Å². The number of pyridine rings is 1. The fraction of sp³-hybridized carbons (Fsp3) is 0.267. The third-order valence-electron chi connectivity index (χ3n) is 2.86. The standard InChI is InChI=1S/C15H15BrClNO/c1-10-7-11(2)18-15(14(10)8-17)19-9-12-3-5-13(16)6-4-12/h3-7H,8-9H2,1-2H3. The molecule has 2 nitrogen and oxygen atoms in total. The second-order valence-corrected chi connectivity index (χ2v) is 5.60. The summed E-state index contributed by atoms with van der Waals surface area (Å²) in [4.78, 5) is 4.42. The lowest BCUT2D eigenvalue weighted by Gasteiger charge is -2.12. The van der Waals surface area contributed by atoms with Gasteiger partial charge in [0.2, 0.25) is 5.88 Å². The molecule has 4 heteroatoms. The molecule has 1 aromatic carbocycles. The Morgan fingerprint density at radius 3 is 2.53 bits per heavy atom. The van der Waals surface area contributed by atoms with E-state index in [2.05, 4.69) is 20.9 Å². The minimum absolute atomic E-state index is 0.411. The molecule has 0 saturated carbocycles. The number of halogens is 2. The van der Waals surface area contributed by atoms with Gasteiger partial charge in [0, 0.05) is 15.7 Å². The molecule has 0 radical (unpaired) electrons. The zero-order chi connectivity index (χ0) is 13.8. The van der Waals surface area contributed by atoms with E-state index in [1.165, 1.54) is 0 Å². The van der Waals surface area contributed by atoms with Crippen LogP contribution < -0.4 is 4.74 Å². The Bertz CT molecular complexity index is 569. The fourth-order valence-corrected chi connectivity index (χ4v) is 2.43. The second kappa shape index (κ2) is 6.40. The molecule has 0 aliphatic carbocycles. The molecule has 0 amide bonds. The Labute approximate surface area is 126 Å². The van der Waals surface area contributed by atoms with Crippen molar-refractivity contribution in [3.05, 3.63) is 57.2 Å². The van der Waals surface area contributed by atoms with Crippen LogP contribution in [0.2, 0.25) is 0 Å². The third-order valence-corrected chi connectivity index (χ3v) is 3.66. The van der Waals surface area contributed by atoms with E-state index >= 15 is 0 Å². The highest BCUT2D eigenvalue weighted by Crippen LogP contribution is 2.23. The average Bonchev–Trinajstić information content (AvgIpc) is 2.37. The van der Waals surface area contributed by atoms with Crippen molar-refractivity contribution >= 4 is 27.5 Å². The number of rotatable bonds is 4. The Morgan fingerprint density at radius 1 is 1.21 bits per heavy atom. The average molecular weight is 341 g/mol. The molecule has 0 N–H and O–H groups in total. The van der Waals surface area contributed by atoms with Gasteiger partial charge in [-0.25, -0.2) is 4.98 Å². The van der Waals surface area contributed by atoms with Gasteiger partial charge in [-0.05, 0) is 43.2 Å². The predicted molar refractivity (Wildman–Crippen MR) is 81.7 cm³/mol. The summed E-state index contributed by atoms with van der Waals surface area (Å²) in [5.74, 6) is 1.05. The lowest BCUT2D eigenvalue weighted by atomic mass is 10.1. The largest absolute Gasteiger partial charge is 0.473 e. The SMILES string of the molecule is Cc1cc(C)c(CCl)c(OCc2ccc(Br)cc2)n1. The van der Waals surface area contributed by atoms with E-state index in [1.54, 1.807) is 0 Å². The fourth-order valence-electron chi connectivity index (χ4n) is 1.84. The quantitative estimate of drug-likeness (QED) is 0.747. The van der Waals surface area contributed by atoms with Crippen molar-refractivity contribution in [2.75, 3.05) is 0 Å². The second-order valence-electron chi connectivity index (χ2n) is 4.41. The van der Waals surface area contributed by atoms with Gasteiger partial charge in [-0.2, -0.15) is 0 Å². The van der Waals surface area contributed by atoms with Crippen LogP contribution in [-0.2, 0) is 12.5 Å². The molecule has 0 fully saturated rings. The lowest BCUT2D eigenvalue weighted by molar-refractivity contribution is 0.290. The minimum Gasteiger partial charge on any atom is -0.473 e. The van der Waals surface area contributed by atoms with E-state index < -0.39 is 0 Å². The molecule has 19 heavy (non-hydrogen) atoms. The van der Waals surface area contributed by atoms with Crippen LogP contribution in [0.4, 0.5) is 0 Å². The molecule has 0 unspecified atom stereocenters. The van der Waals surface area contributed by atoms with Crippen LogP contribution in [0.3, 0.4) is 0 Å². The maximum absolute atomic E-state index is 5.97. The first kappa shape index (κ1) is 14.4. The summed E-state index contributed by atoms with van der Waals surface area (Å²) in [6, 6.07) is 10.1. The minimum atomic E-state index is 0.411. The maximum atomic E-state index is 5.97. The summed E-state index contributed by atoms with van der Waals surface area (Å²) in [6.07, 6.45) is 0. The first-order valence-corrected chi connectivity index (χ1v) is 7.33. The van der Waals surface area contributed by atoms with Crippen LogP contribution >= 0.6 is 27.5 Å². The molecular weight excluding hydrogens is 326 g/mol. The highest BCUT2D eigenvalue weighted by Gasteiger charge is 2.09. The topological polar surface area (TPSA) is 22.1 Å². The maximum Gasteiger partial charge on any atom is 0.218 e. The van der Waals surface area contributed by atoms with E-state index in [-0.39, 0.29) is 0 Å². The highest BCUT2D eigenvalue weighted by atomic mass is 79.9. The lowest BCUT2D eigenvalue weighted by Crippen LogP contribution is -2.02. The van der Waals surface area contributed by atoms with E-state index in [4.69, 9.17) is 16.3 Å². The van der Waals surface area contributed by atoms with Gasteiger partial charge in [0.15, 0.2) is 0 Å². The molecule has 2 aromatic rings. The van der Waals surface area contributed by atoms with Crippen LogP contribution in [0.25, 0.3) is 0 Å². The molecule has 1 aromatic heterocycles. The Hall–Kier alpha value is -1.06. The van der Waals surface area contributed by atoms with Gasteiger partial charge in [-0.15, -0.1) is 11.6 Å². The summed E-state index contributed by atoms with van der Waals surface area (Å²) in [5.41, 5.74) is 4.12. The summed E-state index contributed by atoms with van der Waals surface area (Å²) in [6.45, 7) is 4.48. The molecule has 0 saturated heterocycles. The molecular formula is C15H15BrClNO. The van der Waals surface area contributed by atoms with Crippen molar-refractivity contribution in [1.29, 1.82) is 0 Å². The van der Waals surface area contributed by atoms with Crippen molar-refractivity contribution < 1.29 is 4.74 Å². The molecule has 0 aliphatic rings. The number of hydrogen-bond acceptors (Lipinski definition) is 2. The van der Waals surface area contributed by atoms with E-state index in [0.29, 0.717) is 18.4 Å². The van der Waals surface area contributed by atoms with Crippen LogP contribution in [0, 0.1) is 13.8 Å². The van der Waals surface area contributed by atoms with Crippen LogP contribution in [-0.4, -0.2) is 4.98 Å². The number of hydrogen-bond donors (Lipinski definition) is 0. The predicted octanol–water partition coefficient (Wildman–Crippen LogP) is 4.78. The monoisotopic (exact) mass is 339 g/mol. The number of benzene rings is 1. The first-order valence-electron chi connectivity index (χ1n) is 6.00. The summed E-state index contributed by atoms with van der Waals surface area (Å²) >= 11 is 9.38. The van der Waals surface area contributed by atoms with Crippen molar-refractivity contribution in [2.45, 2.75) is 26.3 Å². The summed E-state index contributed by atoms with van der Waals surface area (Å²) < 4.78 is 6.86. The van der Waals surface area contributed by atoms with Gasteiger partial charge in [0.25, 0.3) is 0 Å². The van der Waals surface area contributed by atoms with Gasteiger partial charge in [-0.1, -0.05) is 28.1 Å². The smallest absolute Gasteiger partial charge is 0.218 e. The Balaban J connectivity index is 2.17. The van der Waals surface area contributed by atoms with Gasteiger partial charge < -0.3 is 4.74 Å². The van der Waals surface area contributed by atoms with Gasteiger partial charge in [0.05, 0.1) is 5.88 Å². The number of ether oxygens (including phenoxy) is 1. The van der Waals surface area contributed by atoms with Crippen LogP contribution in [0.1, 0.15) is 22.4 Å². The number of alkyl halides is 1.